The van der Waals surface area contributed by atoms with Crippen molar-refractivity contribution in [1.82, 2.24) is 19.7 Å². The molecule has 2 amide bonds. The Morgan fingerprint density at radius 1 is 1.07 bits per heavy atom. The van der Waals surface area contributed by atoms with Gasteiger partial charge in [0, 0.05) is 63.8 Å². The van der Waals surface area contributed by atoms with E-state index < -0.39 is 0 Å². The van der Waals surface area contributed by atoms with E-state index in [9.17, 15) is 9.59 Å². The second-order valence-electron chi connectivity index (χ2n) is 7.38. The van der Waals surface area contributed by atoms with Crippen molar-refractivity contribution in [2.75, 3.05) is 46.8 Å². The average Bonchev–Trinajstić information content (AvgIpc) is 2.98. The van der Waals surface area contributed by atoms with E-state index in [1.807, 2.05) is 29.2 Å². The van der Waals surface area contributed by atoms with Crippen LogP contribution in [0.1, 0.15) is 22.3 Å². The fourth-order valence-electron chi connectivity index (χ4n) is 3.19. The molecule has 0 N–H and O–H groups in total. The Labute approximate surface area is 171 Å². The molecule has 1 aliphatic rings. The van der Waals surface area contributed by atoms with Gasteiger partial charge in [0.15, 0.2) is 0 Å². The number of ether oxygens (including phenoxy) is 1. The van der Waals surface area contributed by atoms with Crippen LogP contribution in [0.2, 0.25) is 0 Å². The van der Waals surface area contributed by atoms with E-state index in [1.165, 1.54) is 0 Å². The van der Waals surface area contributed by atoms with Gasteiger partial charge in [0.25, 0.3) is 5.91 Å². The van der Waals surface area contributed by atoms with Gasteiger partial charge in [-0.3, -0.25) is 19.5 Å². The van der Waals surface area contributed by atoms with Crippen LogP contribution in [0.25, 0.3) is 0 Å². The monoisotopic (exact) mass is 396 g/mol. The minimum absolute atomic E-state index is 0.0181. The third-order valence-electron chi connectivity index (χ3n) is 4.96. The fourth-order valence-corrected chi connectivity index (χ4v) is 3.19. The summed E-state index contributed by atoms with van der Waals surface area (Å²) in [5.74, 6) is 0.825. The van der Waals surface area contributed by atoms with Crippen LogP contribution in [0.4, 0.5) is 0 Å². The Morgan fingerprint density at radius 3 is 2.55 bits per heavy atom. The van der Waals surface area contributed by atoms with Crippen LogP contribution in [-0.4, -0.2) is 78.3 Å². The third kappa shape index (κ3) is 6.02. The van der Waals surface area contributed by atoms with Gasteiger partial charge in [-0.1, -0.05) is 6.07 Å². The molecule has 0 unspecified atom stereocenters. The molecule has 0 saturated carbocycles. The molecule has 29 heavy (non-hydrogen) atoms. The molecular weight excluding hydrogens is 368 g/mol. The Morgan fingerprint density at radius 2 is 1.86 bits per heavy atom. The third-order valence-corrected chi connectivity index (χ3v) is 4.96. The number of rotatable bonds is 6. The summed E-state index contributed by atoms with van der Waals surface area (Å²) in [6.45, 7) is 3.69. The minimum atomic E-state index is 0.0181. The van der Waals surface area contributed by atoms with Gasteiger partial charge >= 0.3 is 0 Å². The summed E-state index contributed by atoms with van der Waals surface area (Å²) in [6.07, 6.45) is 4.36. The Hall–Kier alpha value is -2.93. The van der Waals surface area contributed by atoms with Crippen LogP contribution in [0.15, 0.2) is 48.8 Å². The number of hydrogen-bond donors (Lipinski definition) is 0. The average molecular weight is 396 g/mol. The number of likely N-dealkylation sites (N-methyl/N-ethyl adjacent to an activating group) is 1. The van der Waals surface area contributed by atoms with Gasteiger partial charge in [-0.15, -0.1) is 0 Å². The maximum absolute atomic E-state index is 12.9. The van der Waals surface area contributed by atoms with E-state index in [-0.39, 0.29) is 11.8 Å². The summed E-state index contributed by atoms with van der Waals surface area (Å²) >= 11 is 0. The van der Waals surface area contributed by atoms with Crippen LogP contribution in [0.5, 0.6) is 5.75 Å². The second kappa shape index (κ2) is 10.0. The number of pyridine rings is 1. The van der Waals surface area contributed by atoms with Gasteiger partial charge in [0.05, 0.1) is 6.54 Å². The highest BCUT2D eigenvalue weighted by atomic mass is 16.5. The zero-order valence-electron chi connectivity index (χ0n) is 17.1. The quantitative estimate of drug-likeness (QED) is 0.746. The van der Waals surface area contributed by atoms with Crippen LogP contribution >= 0.6 is 0 Å². The lowest BCUT2D eigenvalue weighted by molar-refractivity contribution is -0.129. The van der Waals surface area contributed by atoms with E-state index >= 15 is 0 Å². The number of hydrogen-bond acceptors (Lipinski definition) is 5. The molecule has 0 aliphatic carbocycles. The lowest BCUT2D eigenvalue weighted by Crippen LogP contribution is -2.39. The van der Waals surface area contributed by atoms with Crippen molar-refractivity contribution in [2.24, 2.45) is 0 Å². The molecule has 7 heteroatoms. The fraction of sp³-hybridized carbons (Fsp3) is 0.409. The molecule has 2 heterocycles. The van der Waals surface area contributed by atoms with Gasteiger partial charge < -0.3 is 14.5 Å². The SMILES string of the molecule is CN(C)C(=O)CN1CCCN(C(=O)c2ccc(OCc3cccnc3)cc2)CC1. The van der Waals surface area contributed by atoms with Gasteiger partial charge in [0.1, 0.15) is 12.4 Å². The smallest absolute Gasteiger partial charge is 0.253 e. The lowest BCUT2D eigenvalue weighted by atomic mass is 10.2. The first-order chi connectivity index (χ1) is 14.0. The predicted octanol–water partition coefficient (Wildman–Crippen LogP) is 1.90. The minimum Gasteiger partial charge on any atom is -0.489 e. The zero-order chi connectivity index (χ0) is 20.6. The Balaban J connectivity index is 1.52. The Kier molecular flexibility index (Phi) is 7.19. The molecule has 1 saturated heterocycles. The number of amides is 2. The summed E-state index contributed by atoms with van der Waals surface area (Å²) in [4.78, 5) is 34.4. The summed E-state index contributed by atoms with van der Waals surface area (Å²) in [5, 5.41) is 0. The van der Waals surface area contributed by atoms with Crippen LogP contribution in [0, 0.1) is 0 Å². The number of aromatic nitrogens is 1. The largest absolute Gasteiger partial charge is 0.489 e. The maximum atomic E-state index is 12.9. The molecule has 0 bridgehead atoms. The molecule has 7 nitrogen and oxygen atoms in total. The van der Waals surface area contributed by atoms with Crippen molar-refractivity contribution in [1.29, 1.82) is 0 Å². The highest BCUT2D eigenvalue weighted by molar-refractivity contribution is 5.94. The van der Waals surface area contributed by atoms with Crippen molar-refractivity contribution in [2.45, 2.75) is 13.0 Å². The van der Waals surface area contributed by atoms with E-state index in [2.05, 4.69) is 9.88 Å². The van der Waals surface area contributed by atoms with Crippen molar-refractivity contribution in [3.05, 3.63) is 59.9 Å². The maximum Gasteiger partial charge on any atom is 0.253 e. The van der Waals surface area contributed by atoms with Crippen LogP contribution < -0.4 is 4.74 Å². The molecule has 1 aromatic carbocycles. The number of nitrogens with zero attached hydrogens (tertiary/aromatic N) is 4. The topological polar surface area (TPSA) is 66.0 Å². The highest BCUT2D eigenvalue weighted by Gasteiger charge is 2.21. The first-order valence-corrected chi connectivity index (χ1v) is 9.86. The molecule has 3 rings (SSSR count). The molecule has 2 aromatic rings. The molecule has 0 atom stereocenters. The first kappa shape index (κ1) is 20.8. The lowest BCUT2D eigenvalue weighted by Gasteiger charge is -2.23. The molecule has 1 aromatic heterocycles. The number of carbonyl (C=O) groups is 2. The number of benzene rings is 1. The van der Waals surface area contributed by atoms with Crippen molar-refractivity contribution in [3.8, 4) is 5.75 Å². The van der Waals surface area contributed by atoms with E-state index in [0.717, 1.165) is 24.3 Å². The van der Waals surface area contributed by atoms with Gasteiger partial charge in [-0.05, 0) is 36.8 Å². The van der Waals surface area contributed by atoms with Crippen molar-refractivity contribution in [3.63, 3.8) is 0 Å². The van der Waals surface area contributed by atoms with Crippen LogP contribution in [0.3, 0.4) is 0 Å². The van der Waals surface area contributed by atoms with E-state index in [0.29, 0.717) is 38.3 Å². The van der Waals surface area contributed by atoms with E-state index in [4.69, 9.17) is 4.74 Å². The van der Waals surface area contributed by atoms with Crippen molar-refractivity contribution < 1.29 is 14.3 Å². The normalized spacial score (nSPS) is 14.9. The summed E-state index contributed by atoms with van der Waals surface area (Å²) in [5.41, 5.74) is 1.64. The molecule has 0 radical (unpaired) electrons. The zero-order valence-corrected chi connectivity index (χ0v) is 17.1. The van der Waals surface area contributed by atoms with Gasteiger partial charge in [-0.25, -0.2) is 0 Å². The van der Waals surface area contributed by atoms with Crippen molar-refractivity contribution >= 4 is 11.8 Å². The van der Waals surface area contributed by atoms with Gasteiger partial charge in [-0.2, -0.15) is 0 Å². The first-order valence-electron chi connectivity index (χ1n) is 9.86. The van der Waals surface area contributed by atoms with E-state index in [1.54, 1.807) is 43.5 Å². The summed E-state index contributed by atoms with van der Waals surface area (Å²) < 4.78 is 5.76. The second-order valence-corrected chi connectivity index (χ2v) is 7.38. The molecule has 0 spiro atoms. The molecule has 154 valence electrons. The number of carbonyl (C=O) groups excluding carboxylic acids is 2. The predicted molar refractivity (Wildman–Crippen MR) is 111 cm³/mol. The highest BCUT2D eigenvalue weighted by Crippen LogP contribution is 2.16. The molecule has 1 fully saturated rings. The Bertz CT molecular complexity index is 809. The molecular formula is C22H28N4O3. The summed E-state index contributed by atoms with van der Waals surface area (Å²) in [6, 6.07) is 11.1. The molecule has 1 aliphatic heterocycles. The van der Waals surface area contributed by atoms with Crippen LogP contribution in [-0.2, 0) is 11.4 Å². The van der Waals surface area contributed by atoms with Gasteiger partial charge in [0.2, 0.25) is 5.91 Å². The summed E-state index contributed by atoms with van der Waals surface area (Å²) in [7, 11) is 3.53. The standard InChI is InChI=1S/C22H28N4O3/c1-24(2)21(27)16-25-11-4-12-26(14-13-25)22(28)19-6-8-20(9-7-19)29-17-18-5-3-10-23-15-18/h3,5-10,15H,4,11-14,16-17H2,1-2H3.